The Morgan fingerprint density at radius 1 is 1.00 bits per heavy atom. The second-order valence-corrected chi connectivity index (χ2v) is 8.69. The smallest absolute Gasteiger partial charge is 0.251 e. The van der Waals surface area contributed by atoms with Crippen LogP contribution in [0.3, 0.4) is 0 Å². The molecule has 1 heterocycles. The van der Waals surface area contributed by atoms with Gasteiger partial charge in [0.25, 0.3) is 5.91 Å². The minimum atomic E-state index is -0.761. The van der Waals surface area contributed by atoms with Gasteiger partial charge in [0.15, 0.2) is 0 Å². The van der Waals surface area contributed by atoms with Gasteiger partial charge < -0.3 is 34.5 Å². The molecule has 36 heavy (non-hydrogen) atoms. The van der Waals surface area contributed by atoms with E-state index in [-0.39, 0.29) is 17.7 Å². The van der Waals surface area contributed by atoms with Crippen molar-refractivity contribution in [2.45, 2.75) is 33.7 Å². The number of methoxy groups -OCH3 is 1. The summed E-state index contributed by atoms with van der Waals surface area (Å²) in [4.78, 5) is 28.4. The molecule has 1 saturated heterocycles. The van der Waals surface area contributed by atoms with E-state index in [1.165, 1.54) is 0 Å². The predicted molar refractivity (Wildman–Crippen MR) is 140 cm³/mol. The van der Waals surface area contributed by atoms with Crippen molar-refractivity contribution in [2.75, 3.05) is 56.8 Å². The third kappa shape index (κ3) is 6.81. The molecular weight excluding hydrogens is 462 g/mol. The number of morpholine rings is 1. The number of carbonyl (C=O) groups excluding carboxylic acids is 2. The molecule has 0 aromatic heterocycles. The number of hydrogen-bond acceptors (Lipinski definition) is 7. The quantitative estimate of drug-likeness (QED) is 0.486. The van der Waals surface area contributed by atoms with Crippen LogP contribution >= 0.6 is 0 Å². The van der Waals surface area contributed by atoms with Gasteiger partial charge in [0.1, 0.15) is 23.3 Å². The summed E-state index contributed by atoms with van der Waals surface area (Å²) in [5.74, 6) is 1.02. The fraction of sp³-hybridized carbons (Fsp3) is 0.481. The van der Waals surface area contributed by atoms with E-state index in [2.05, 4.69) is 15.5 Å². The zero-order valence-electron chi connectivity index (χ0n) is 21.8. The molecule has 2 N–H and O–H groups in total. The first-order valence-corrected chi connectivity index (χ1v) is 12.4. The minimum Gasteiger partial charge on any atom is -0.497 e. The summed E-state index contributed by atoms with van der Waals surface area (Å²) in [6.07, 6.45) is 0. The molecule has 9 nitrogen and oxygen atoms in total. The fourth-order valence-corrected chi connectivity index (χ4v) is 3.96. The molecule has 0 saturated carbocycles. The number of ether oxygens (including phenoxy) is 4. The van der Waals surface area contributed by atoms with Crippen LogP contribution in [0.2, 0.25) is 0 Å². The number of hydrogen-bond donors (Lipinski definition) is 2. The Labute approximate surface area is 213 Å². The topological polar surface area (TPSA) is 98.4 Å². The van der Waals surface area contributed by atoms with Gasteiger partial charge in [-0.15, -0.1) is 0 Å². The molecule has 2 amide bonds. The zero-order valence-corrected chi connectivity index (χ0v) is 21.8. The van der Waals surface area contributed by atoms with Crippen LogP contribution in [0.5, 0.6) is 17.2 Å². The third-order valence-corrected chi connectivity index (χ3v) is 5.86. The molecule has 1 fully saturated rings. The maximum absolute atomic E-state index is 13.4. The van der Waals surface area contributed by atoms with Crippen molar-refractivity contribution in [3.63, 3.8) is 0 Å². The molecule has 2 aromatic rings. The van der Waals surface area contributed by atoms with Crippen molar-refractivity contribution in [3.05, 3.63) is 42.0 Å². The molecule has 196 valence electrons. The summed E-state index contributed by atoms with van der Waals surface area (Å²) in [6.45, 7) is 11.2. The Morgan fingerprint density at radius 2 is 1.64 bits per heavy atom. The van der Waals surface area contributed by atoms with E-state index >= 15 is 0 Å². The Morgan fingerprint density at radius 3 is 2.22 bits per heavy atom. The zero-order chi connectivity index (χ0) is 26.1. The van der Waals surface area contributed by atoms with Gasteiger partial charge in [-0.2, -0.15) is 0 Å². The molecule has 9 heteroatoms. The molecule has 2 aromatic carbocycles. The second kappa shape index (κ2) is 13.0. The van der Waals surface area contributed by atoms with Crippen molar-refractivity contribution >= 4 is 23.2 Å². The van der Waals surface area contributed by atoms with Crippen LogP contribution in [0.4, 0.5) is 11.4 Å². The summed E-state index contributed by atoms with van der Waals surface area (Å²) >= 11 is 0. The SMILES string of the molecule is CCOc1cc(N2CCOCC2)c(OCC)cc1NC(=O)C(NC(=O)c1ccc(OC)cc1)C(C)C. The van der Waals surface area contributed by atoms with Crippen LogP contribution in [0.15, 0.2) is 36.4 Å². The Kier molecular flexibility index (Phi) is 9.81. The van der Waals surface area contributed by atoms with Crippen molar-refractivity contribution in [2.24, 2.45) is 5.92 Å². The molecule has 0 bridgehead atoms. The van der Waals surface area contributed by atoms with Crippen LogP contribution in [0, 0.1) is 5.92 Å². The summed E-state index contributed by atoms with van der Waals surface area (Å²) in [7, 11) is 1.56. The number of benzene rings is 2. The van der Waals surface area contributed by atoms with Gasteiger partial charge in [0.2, 0.25) is 5.91 Å². The summed E-state index contributed by atoms with van der Waals surface area (Å²) in [6, 6.07) is 9.67. The Balaban J connectivity index is 1.84. The number of carbonyl (C=O) groups is 2. The molecule has 0 spiro atoms. The average molecular weight is 500 g/mol. The third-order valence-electron chi connectivity index (χ3n) is 5.86. The van der Waals surface area contributed by atoms with E-state index in [1.807, 2.05) is 33.8 Å². The number of nitrogens with one attached hydrogen (secondary N) is 2. The first kappa shape index (κ1) is 27.1. The normalized spacial score (nSPS) is 14.2. The number of rotatable bonds is 11. The maximum atomic E-state index is 13.4. The van der Waals surface area contributed by atoms with Gasteiger partial charge in [-0.25, -0.2) is 0 Å². The van der Waals surface area contributed by atoms with E-state index in [0.29, 0.717) is 54.9 Å². The molecular formula is C27H37N3O6. The predicted octanol–water partition coefficient (Wildman–Crippen LogP) is 3.72. The van der Waals surface area contributed by atoms with E-state index < -0.39 is 6.04 Å². The highest BCUT2D eigenvalue weighted by Gasteiger charge is 2.27. The first-order chi connectivity index (χ1) is 17.4. The molecule has 0 radical (unpaired) electrons. The van der Waals surface area contributed by atoms with Crippen LogP contribution in [-0.4, -0.2) is 64.5 Å². The van der Waals surface area contributed by atoms with Crippen LogP contribution in [0.1, 0.15) is 38.1 Å². The van der Waals surface area contributed by atoms with Crippen molar-refractivity contribution in [1.82, 2.24) is 5.32 Å². The highest BCUT2D eigenvalue weighted by molar-refractivity contribution is 6.02. The Hall–Kier alpha value is -3.46. The highest BCUT2D eigenvalue weighted by Crippen LogP contribution is 2.39. The lowest BCUT2D eigenvalue weighted by atomic mass is 10.0. The van der Waals surface area contributed by atoms with Crippen LogP contribution in [0.25, 0.3) is 0 Å². The molecule has 1 aliphatic heterocycles. The molecule has 1 atom stereocenters. The number of amides is 2. The fourth-order valence-electron chi connectivity index (χ4n) is 3.96. The van der Waals surface area contributed by atoms with Gasteiger partial charge in [0.05, 0.1) is 44.9 Å². The Bertz CT molecular complexity index is 1020. The maximum Gasteiger partial charge on any atom is 0.251 e. The van der Waals surface area contributed by atoms with Crippen molar-refractivity contribution < 1.29 is 28.5 Å². The van der Waals surface area contributed by atoms with Crippen molar-refractivity contribution in [1.29, 1.82) is 0 Å². The lowest BCUT2D eigenvalue weighted by molar-refractivity contribution is -0.118. The first-order valence-electron chi connectivity index (χ1n) is 12.4. The van der Waals surface area contributed by atoms with Gasteiger partial charge in [0, 0.05) is 30.8 Å². The van der Waals surface area contributed by atoms with Gasteiger partial charge >= 0.3 is 0 Å². The summed E-state index contributed by atoms with van der Waals surface area (Å²) < 4.78 is 22.5. The van der Waals surface area contributed by atoms with E-state index in [9.17, 15) is 9.59 Å². The molecule has 3 rings (SSSR count). The number of anilines is 2. The molecule has 1 aliphatic rings. The molecule has 0 aliphatic carbocycles. The minimum absolute atomic E-state index is 0.151. The van der Waals surface area contributed by atoms with E-state index in [1.54, 1.807) is 37.4 Å². The second-order valence-electron chi connectivity index (χ2n) is 8.69. The monoisotopic (exact) mass is 499 g/mol. The number of nitrogens with zero attached hydrogens (tertiary/aromatic N) is 1. The van der Waals surface area contributed by atoms with Crippen molar-refractivity contribution in [3.8, 4) is 17.2 Å². The average Bonchev–Trinajstić information content (AvgIpc) is 2.89. The van der Waals surface area contributed by atoms with Crippen LogP contribution < -0.4 is 29.7 Å². The van der Waals surface area contributed by atoms with Gasteiger partial charge in [-0.3, -0.25) is 9.59 Å². The highest BCUT2D eigenvalue weighted by atomic mass is 16.5. The van der Waals surface area contributed by atoms with Gasteiger partial charge in [-0.1, -0.05) is 13.8 Å². The standard InChI is InChI=1S/C27H37N3O6/c1-6-35-23-17-22(30-12-14-34-15-13-30)24(36-7-2)16-21(23)28-27(32)25(18(3)4)29-26(31)19-8-10-20(33-5)11-9-19/h8-11,16-18,25H,6-7,12-15H2,1-5H3,(H,28,32)(H,29,31). The van der Waals surface area contributed by atoms with E-state index in [4.69, 9.17) is 18.9 Å². The van der Waals surface area contributed by atoms with Crippen LogP contribution in [-0.2, 0) is 9.53 Å². The van der Waals surface area contributed by atoms with E-state index in [0.717, 1.165) is 18.8 Å². The molecule has 1 unspecified atom stereocenters. The lowest BCUT2D eigenvalue weighted by Crippen LogP contribution is -2.47. The summed E-state index contributed by atoms with van der Waals surface area (Å²) in [5, 5.41) is 5.82. The largest absolute Gasteiger partial charge is 0.497 e. The lowest BCUT2D eigenvalue weighted by Gasteiger charge is -2.31. The summed E-state index contributed by atoms with van der Waals surface area (Å²) in [5.41, 5.74) is 1.83. The van der Waals surface area contributed by atoms with Gasteiger partial charge in [-0.05, 0) is 44.0 Å².